The summed E-state index contributed by atoms with van der Waals surface area (Å²) < 4.78 is 6.88. The van der Waals surface area contributed by atoms with Crippen molar-refractivity contribution in [3.63, 3.8) is 0 Å². The number of rotatable bonds is 10. The van der Waals surface area contributed by atoms with Crippen LogP contribution in [0.3, 0.4) is 0 Å². The van der Waals surface area contributed by atoms with Gasteiger partial charge in [0.15, 0.2) is 0 Å². The summed E-state index contributed by atoms with van der Waals surface area (Å²) in [6, 6.07) is 23.3. The van der Waals surface area contributed by atoms with Crippen LogP contribution in [0, 0.1) is 0 Å². The van der Waals surface area contributed by atoms with Gasteiger partial charge in [-0.15, -0.1) is 0 Å². The summed E-state index contributed by atoms with van der Waals surface area (Å²) in [6.07, 6.45) is 19.7. The molecule has 0 radical (unpaired) electrons. The van der Waals surface area contributed by atoms with E-state index in [-0.39, 0.29) is 0 Å². The summed E-state index contributed by atoms with van der Waals surface area (Å²) in [7, 11) is 0. The molecule has 0 spiro atoms. The van der Waals surface area contributed by atoms with E-state index < -0.39 is 20.3 Å². The summed E-state index contributed by atoms with van der Waals surface area (Å²) in [4.78, 5) is 0. The molecular formula is C30H36Zr. The molecule has 0 saturated carbocycles. The van der Waals surface area contributed by atoms with E-state index >= 15 is 0 Å². The van der Waals surface area contributed by atoms with Gasteiger partial charge < -0.3 is 0 Å². The van der Waals surface area contributed by atoms with E-state index in [1.165, 1.54) is 38.5 Å². The van der Waals surface area contributed by atoms with Gasteiger partial charge in [0.25, 0.3) is 0 Å². The number of hydrogen-bond acceptors (Lipinski definition) is 0. The Morgan fingerprint density at radius 2 is 1.03 bits per heavy atom. The molecule has 0 N–H and O–H groups in total. The third-order valence-corrected chi connectivity index (χ3v) is 19.9. The second-order valence-corrected chi connectivity index (χ2v) is 18.4. The molecule has 0 nitrogen and oxygen atoms in total. The van der Waals surface area contributed by atoms with E-state index in [2.05, 4.69) is 98.8 Å². The molecule has 0 unspecified atom stereocenters. The van der Waals surface area contributed by atoms with Crippen LogP contribution in [0.4, 0.5) is 0 Å². The van der Waals surface area contributed by atoms with Crippen molar-refractivity contribution >= 4 is 6.54 Å². The van der Waals surface area contributed by atoms with Gasteiger partial charge in [-0.2, -0.15) is 0 Å². The first-order chi connectivity index (χ1) is 15.3. The third-order valence-electron chi connectivity index (χ3n) is 6.98. The molecule has 0 aliphatic heterocycles. The Labute approximate surface area is 193 Å². The first-order valence-electron chi connectivity index (χ1n) is 12.2. The zero-order valence-electron chi connectivity index (χ0n) is 19.2. The van der Waals surface area contributed by atoms with E-state index in [4.69, 9.17) is 0 Å². The van der Waals surface area contributed by atoms with Crippen molar-refractivity contribution < 1.29 is 20.3 Å². The zero-order valence-corrected chi connectivity index (χ0v) is 21.7. The number of unbranched alkanes of at least 4 members (excludes halogenated alkanes) is 2. The first-order valence-corrected chi connectivity index (χ1v) is 17.1. The fraction of sp³-hybridized carbons (Fsp3) is 0.333. The van der Waals surface area contributed by atoms with Gasteiger partial charge in [0, 0.05) is 0 Å². The van der Waals surface area contributed by atoms with Crippen LogP contribution in [0.25, 0.3) is 0 Å². The van der Waals surface area contributed by atoms with E-state index in [0.29, 0.717) is 0 Å². The molecule has 0 saturated heterocycles. The van der Waals surface area contributed by atoms with Crippen molar-refractivity contribution in [2.24, 2.45) is 0 Å². The average Bonchev–Trinajstić information content (AvgIpc) is 3.49. The van der Waals surface area contributed by atoms with Crippen molar-refractivity contribution in [1.82, 2.24) is 0 Å². The van der Waals surface area contributed by atoms with Gasteiger partial charge in [-0.05, 0) is 0 Å². The third kappa shape index (κ3) is 4.45. The second-order valence-electron chi connectivity index (χ2n) is 8.91. The van der Waals surface area contributed by atoms with Crippen molar-refractivity contribution in [3.05, 3.63) is 103 Å². The minimum atomic E-state index is -3.35. The monoisotopic (exact) mass is 486 g/mol. The molecule has 2 aliphatic carbocycles. The van der Waals surface area contributed by atoms with Crippen LogP contribution in [0.5, 0.6) is 0 Å². The molecule has 0 fully saturated rings. The predicted molar refractivity (Wildman–Crippen MR) is 133 cm³/mol. The van der Waals surface area contributed by atoms with Crippen LogP contribution in [-0.4, -0.2) is 0 Å². The molecule has 0 atom stereocenters. The number of benzene rings is 2. The van der Waals surface area contributed by atoms with E-state index in [9.17, 15) is 0 Å². The molecule has 1 heteroatoms. The van der Waals surface area contributed by atoms with Crippen molar-refractivity contribution in [2.45, 2.75) is 65.2 Å². The summed E-state index contributed by atoms with van der Waals surface area (Å²) in [5.41, 5.74) is 3.30. The van der Waals surface area contributed by atoms with E-state index in [0.717, 1.165) is 12.8 Å². The summed E-state index contributed by atoms with van der Waals surface area (Å²) in [6.45, 7) is 4.63. The molecule has 31 heavy (non-hydrogen) atoms. The number of allylic oxidation sites excluding steroid dienone is 8. The zero-order chi connectivity index (χ0) is 21.5. The van der Waals surface area contributed by atoms with Gasteiger partial charge in [0.1, 0.15) is 0 Å². The molecule has 0 heterocycles. The van der Waals surface area contributed by atoms with Crippen molar-refractivity contribution in [2.75, 3.05) is 0 Å². The Bertz CT molecular complexity index is 906. The average molecular weight is 488 g/mol. The van der Waals surface area contributed by atoms with Crippen LogP contribution in [0.15, 0.2) is 103 Å². The Morgan fingerprint density at radius 3 is 1.42 bits per heavy atom. The Balaban J connectivity index is 2.02. The van der Waals surface area contributed by atoms with Gasteiger partial charge in [-0.25, -0.2) is 0 Å². The summed E-state index contributed by atoms with van der Waals surface area (Å²) >= 11 is -3.35. The van der Waals surface area contributed by atoms with Crippen molar-refractivity contribution in [3.8, 4) is 0 Å². The van der Waals surface area contributed by atoms with Crippen LogP contribution in [0.2, 0.25) is 0 Å². The quantitative estimate of drug-likeness (QED) is 0.324. The molecule has 0 aromatic heterocycles. The normalized spacial score (nSPS) is 16.1. The molecule has 0 amide bonds. The van der Waals surface area contributed by atoms with Gasteiger partial charge in [-0.1, -0.05) is 0 Å². The van der Waals surface area contributed by atoms with Crippen molar-refractivity contribution in [1.29, 1.82) is 0 Å². The molecule has 0 bridgehead atoms. The number of hydrogen-bond donors (Lipinski definition) is 0. The van der Waals surface area contributed by atoms with Gasteiger partial charge in [0.2, 0.25) is 0 Å². The van der Waals surface area contributed by atoms with Gasteiger partial charge in [-0.3, -0.25) is 0 Å². The van der Waals surface area contributed by atoms with Crippen LogP contribution < -0.4 is 6.54 Å². The van der Waals surface area contributed by atoms with Crippen LogP contribution in [-0.2, 0) is 20.3 Å². The van der Waals surface area contributed by atoms with E-state index in [1.54, 1.807) is 17.7 Å². The topological polar surface area (TPSA) is 0 Å². The SMILES string of the molecule is CCCCC1=[C]([Zr]([C]2=C(CCCC)C=CC2)([c]2ccccc2)[c]2ccccc2)CC=C1. The molecular weight excluding hydrogens is 452 g/mol. The molecule has 2 aliphatic rings. The fourth-order valence-electron chi connectivity index (χ4n) is 5.51. The fourth-order valence-corrected chi connectivity index (χ4v) is 19.5. The molecule has 4 rings (SSSR count). The summed E-state index contributed by atoms with van der Waals surface area (Å²) in [5, 5.41) is 0. The Hall–Kier alpha value is -1.72. The maximum atomic E-state index is 2.47. The first kappa shape index (κ1) is 22.5. The standard InChI is InChI=1S/2C9H13.2C6H5.Zr/c2*1-2-3-6-9-7-4-5-8-9;2*1-2-4-6-5-3-1;/h2*4,7H,2-3,5-6H2,1H3;2*1-5H;. The van der Waals surface area contributed by atoms with Gasteiger partial charge >= 0.3 is 195 Å². The van der Waals surface area contributed by atoms with Crippen LogP contribution in [0.1, 0.15) is 65.2 Å². The molecule has 2 aromatic rings. The minimum absolute atomic E-state index is 1.14. The second kappa shape index (κ2) is 10.7. The summed E-state index contributed by atoms with van der Waals surface area (Å²) in [5.74, 6) is 0. The Morgan fingerprint density at radius 1 is 0.613 bits per heavy atom. The Kier molecular flexibility index (Phi) is 7.78. The predicted octanol–water partition coefficient (Wildman–Crippen LogP) is 7.60. The van der Waals surface area contributed by atoms with E-state index in [1.807, 2.05) is 6.56 Å². The molecule has 160 valence electrons. The van der Waals surface area contributed by atoms with Crippen LogP contribution >= 0.6 is 0 Å². The van der Waals surface area contributed by atoms with Gasteiger partial charge in [0.05, 0.1) is 0 Å². The maximum absolute atomic E-state index is 3.35. The molecule has 2 aromatic carbocycles.